The number of fused-ring (bicyclic) bond motifs is 1. The molecule has 0 saturated heterocycles. The van der Waals surface area contributed by atoms with Gasteiger partial charge < -0.3 is 5.73 Å². The lowest BCUT2D eigenvalue weighted by Gasteiger charge is -2.04. The maximum absolute atomic E-state index is 5.51. The number of rotatable bonds is 1. The second kappa shape index (κ2) is 3.77. The molecule has 0 amide bonds. The third-order valence-corrected chi connectivity index (χ3v) is 2.70. The second-order valence-corrected chi connectivity index (χ2v) is 3.92. The van der Waals surface area contributed by atoms with Gasteiger partial charge in [0, 0.05) is 0 Å². The van der Waals surface area contributed by atoms with Crippen LogP contribution < -0.4 is 5.73 Å². The Morgan fingerprint density at radius 2 is 1.73 bits per heavy atom. The van der Waals surface area contributed by atoms with E-state index >= 15 is 0 Å². The average Bonchev–Trinajstić information content (AvgIpc) is 2.27. The van der Waals surface area contributed by atoms with Crippen LogP contribution in [0.15, 0.2) is 42.6 Å². The van der Waals surface area contributed by atoms with Crippen LogP contribution in [0, 0.1) is 6.92 Å². The van der Waals surface area contributed by atoms with Gasteiger partial charge in [0.25, 0.3) is 0 Å². The topological polar surface area (TPSA) is 26.0 Å². The highest BCUT2D eigenvalue weighted by molar-refractivity contribution is 5.86. The molecule has 0 aromatic heterocycles. The van der Waals surface area contributed by atoms with E-state index in [-0.39, 0.29) is 0 Å². The molecule has 0 fully saturated rings. The van der Waals surface area contributed by atoms with Crippen molar-refractivity contribution < 1.29 is 0 Å². The summed E-state index contributed by atoms with van der Waals surface area (Å²) in [5.74, 6) is 0. The van der Waals surface area contributed by atoms with E-state index in [9.17, 15) is 0 Å². The van der Waals surface area contributed by atoms with Crippen molar-refractivity contribution in [2.75, 3.05) is 0 Å². The average molecular weight is 197 g/mol. The number of nitrogens with two attached hydrogens (primary N) is 1. The highest BCUT2D eigenvalue weighted by atomic mass is 14.5. The van der Waals surface area contributed by atoms with Gasteiger partial charge in [0.2, 0.25) is 0 Å². The maximum Gasteiger partial charge on any atom is -0.00265 e. The highest BCUT2D eigenvalue weighted by Gasteiger charge is 1.98. The summed E-state index contributed by atoms with van der Waals surface area (Å²) in [4.78, 5) is 0. The van der Waals surface area contributed by atoms with Gasteiger partial charge in [0.15, 0.2) is 0 Å². The Hall–Kier alpha value is -1.76. The minimum atomic E-state index is 1.11. The van der Waals surface area contributed by atoms with Crippen LogP contribution in [-0.4, -0.2) is 0 Å². The van der Waals surface area contributed by atoms with Gasteiger partial charge >= 0.3 is 0 Å². The highest BCUT2D eigenvalue weighted by Crippen LogP contribution is 2.21. The molecule has 0 heterocycles. The summed E-state index contributed by atoms with van der Waals surface area (Å²) in [5.41, 5.74) is 9.10. The third kappa shape index (κ3) is 1.86. The Morgan fingerprint density at radius 3 is 2.47 bits per heavy atom. The molecule has 2 rings (SSSR count). The van der Waals surface area contributed by atoms with Crippen molar-refractivity contribution in [2.24, 2.45) is 5.73 Å². The summed E-state index contributed by atoms with van der Waals surface area (Å²) in [6, 6.07) is 12.9. The first-order valence-corrected chi connectivity index (χ1v) is 5.10. The molecule has 0 aliphatic heterocycles. The minimum absolute atomic E-state index is 1.11. The second-order valence-electron chi connectivity index (χ2n) is 3.92. The summed E-state index contributed by atoms with van der Waals surface area (Å²) in [7, 11) is 0. The molecule has 2 N–H and O–H groups in total. The van der Waals surface area contributed by atoms with E-state index in [1.807, 2.05) is 6.92 Å². The van der Waals surface area contributed by atoms with Crippen molar-refractivity contribution in [3.8, 4) is 0 Å². The SMILES string of the molecule is C/C(=C\N)c1ccc2cc(C)ccc2c1. The molecule has 2 aromatic rings. The molecule has 0 unspecified atom stereocenters. The van der Waals surface area contributed by atoms with Crippen molar-refractivity contribution in [1.29, 1.82) is 0 Å². The van der Waals surface area contributed by atoms with Crippen molar-refractivity contribution in [1.82, 2.24) is 0 Å². The van der Waals surface area contributed by atoms with Crippen LogP contribution in [0.5, 0.6) is 0 Å². The van der Waals surface area contributed by atoms with Crippen LogP contribution in [0.2, 0.25) is 0 Å². The summed E-state index contributed by atoms with van der Waals surface area (Å²) < 4.78 is 0. The van der Waals surface area contributed by atoms with Gasteiger partial charge in [-0.05, 0) is 48.0 Å². The van der Waals surface area contributed by atoms with Crippen LogP contribution >= 0.6 is 0 Å². The van der Waals surface area contributed by atoms with Crippen LogP contribution in [0.3, 0.4) is 0 Å². The van der Waals surface area contributed by atoms with Gasteiger partial charge in [-0.2, -0.15) is 0 Å². The number of hydrogen-bond donors (Lipinski definition) is 1. The summed E-state index contributed by atoms with van der Waals surface area (Å²) >= 11 is 0. The Morgan fingerprint density at radius 1 is 1.07 bits per heavy atom. The lowest BCUT2D eigenvalue weighted by atomic mass is 10.0. The third-order valence-electron chi connectivity index (χ3n) is 2.70. The molecular formula is C14H15N. The lowest BCUT2D eigenvalue weighted by molar-refractivity contribution is 1.49. The Kier molecular flexibility index (Phi) is 2.46. The van der Waals surface area contributed by atoms with E-state index in [2.05, 4.69) is 43.3 Å². The predicted molar refractivity (Wildman–Crippen MR) is 66.5 cm³/mol. The smallest absolute Gasteiger partial charge is 0.00265 e. The quantitative estimate of drug-likeness (QED) is 0.744. The molecule has 2 aromatic carbocycles. The lowest BCUT2D eigenvalue weighted by Crippen LogP contribution is -1.86. The van der Waals surface area contributed by atoms with Gasteiger partial charge in [-0.3, -0.25) is 0 Å². The number of hydrogen-bond acceptors (Lipinski definition) is 1. The predicted octanol–water partition coefficient (Wildman–Crippen LogP) is 3.47. The van der Waals surface area contributed by atoms with E-state index in [0.717, 1.165) is 5.57 Å². The molecule has 76 valence electrons. The standard InChI is InChI=1S/C14H15N/c1-10-3-4-14-8-12(11(2)9-15)5-6-13(14)7-10/h3-9H,15H2,1-2H3/b11-9+. The van der Waals surface area contributed by atoms with Gasteiger partial charge in [-0.25, -0.2) is 0 Å². The molecule has 0 spiro atoms. The monoisotopic (exact) mass is 197 g/mol. The van der Waals surface area contributed by atoms with E-state index < -0.39 is 0 Å². The molecule has 1 heteroatoms. The first-order chi connectivity index (χ1) is 7.20. The van der Waals surface area contributed by atoms with Crippen molar-refractivity contribution in [3.63, 3.8) is 0 Å². The normalized spacial score (nSPS) is 12.0. The molecule has 0 saturated carbocycles. The Labute approximate surface area is 90.2 Å². The summed E-state index contributed by atoms with van der Waals surface area (Å²) in [6.07, 6.45) is 1.65. The zero-order chi connectivity index (χ0) is 10.8. The fraction of sp³-hybridized carbons (Fsp3) is 0.143. The van der Waals surface area contributed by atoms with Gasteiger partial charge in [-0.1, -0.05) is 35.9 Å². The van der Waals surface area contributed by atoms with Gasteiger partial charge in [0.05, 0.1) is 0 Å². The number of allylic oxidation sites excluding steroid dienone is 1. The molecule has 0 atom stereocenters. The Bertz CT molecular complexity index is 524. The van der Waals surface area contributed by atoms with E-state index in [4.69, 9.17) is 5.73 Å². The van der Waals surface area contributed by atoms with Gasteiger partial charge in [0.1, 0.15) is 0 Å². The molecule has 0 bridgehead atoms. The van der Waals surface area contributed by atoms with Crippen LogP contribution in [-0.2, 0) is 0 Å². The first kappa shape index (κ1) is 9.78. The first-order valence-electron chi connectivity index (χ1n) is 5.10. The zero-order valence-corrected chi connectivity index (χ0v) is 9.12. The molecule has 0 aliphatic carbocycles. The zero-order valence-electron chi connectivity index (χ0n) is 9.12. The van der Waals surface area contributed by atoms with Crippen molar-refractivity contribution >= 4 is 16.3 Å². The minimum Gasteiger partial charge on any atom is -0.404 e. The largest absolute Gasteiger partial charge is 0.404 e. The fourth-order valence-corrected chi connectivity index (χ4v) is 1.71. The van der Waals surface area contributed by atoms with Crippen LogP contribution in [0.1, 0.15) is 18.1 Å². The molecule has 1 nitrogen and oxygen atoms in total. The van der Waals surface area contributed by atoms with E-state index in [1.54, 1.807) is 6.20 Å². The maximum atomic E-state index is 5.51. The van der Waals surface area contributed by atoms with E-state index in [0.29, 0.717) is 0 Å². The van der Waals surface area contributed by atoms with Gasteiger partial charge in [-0.15, -0.1) is 0 Å². The fourth-order valence-electron chi connectivity index (χ4n) is 1.71. The number of aryl methyl sites for hydroxylation is 1. The van der Waals surface area contributed by atoms with Crippen LogP contribution in [0.25, 0.3) is 16.3 Å². The van der Waals surface area contributed by atoms with Crippen molar-refractivity contribution in [3.05, 3.63) is 53.7 Å². The Balaban J connectivity index is 2.62. The van der Waals surface area contributed by atoms with E-state index in [1.165, 1.54) is 21.9 Å². The number of benzene rings is 2. The van der Waals surface area contributed by atoms with Crippen LogP contribution in [0.4, 0.5) is 0 Å². The summed E-state index contributed by atoms with van der Waals surface area (Å²) in [5, 5.41) is 2.54. The molecule has 0 aliphatic rings. The molecule has 0 radical (unpaired) electrons. The van der Waals surface area contributed by atoms with Crippen molar-refractivity contribution in [2.45, 2.75) is 13.8 Å². The molecule has 15 heavy (non-hydrogen) atoms. The summed E-state index contributed by atoms with van der Waals surface area (Å²) in [6.45, 7) is 4.13. The molecular weight excluding hydrogens is 182 g/mol.